The average molecular weight is 303 g/mol. The number of anilines is 1. The normalized spacial score (nSPS) is 10.7. The van der Waals surface area contributed by atoms with Crippen LogP contribution in [0.4, 0.5) is 5.69 Å². The Morgan fingerprint density at radius 1 is 1.14 bits per heavy atom. The largest absolute Gasteiger partial charge is 0.398 e. The van der Waals surface area contributed by atoms with Crippen LogP contribution in [-0.4, -0.2) is 16.8 Å². The summed E-state index contributed by atoms with van der Waals surface area (Å²) in [7, 11) is 0. The fraction of sp³-hybridized carbons (Fsp3) is 0.235. The fourth-order valence-electron chi connectivity index (χ4n) is 2.11. The third kappa shape index (κ3) is 3.76. The van der Waals surface area contributed by atoms with E-state index >= 15 is 0 Å². The molecule has 0 unspecified atom stereocenters. The van der Waals surface area contributed by atoms with Gasteiger partial charge in [0.25, 0.3) is 5.91 Å². The molecule has 0 aliphatic carbocycles. The Kier molecular flexibility index (Phi) is 4.86. The zero-order chi connectivity index (χ0) is 15.4. The van der Waals surface area contributed by atoms with Crippen molar-refractivity contribution in [2.45, 2.75) is 26.4 Å². The summed E-state index contributed by atoms with van der Waals surface area (Å²) in [5.74, 6) is -0.0232. The first kappa shape index (κ1) is 15.4. The smallest absolute Gasteiger partial charge is 0.254 e. The first-order valence-electron chi connectivity index (χ1n) is 6.89. The van der Waals surface area contributed by atoms with Crippen molar-refractivity contribution < 1.29 is 4.79 Å². The Balaban J connectivity index is 2.25. The number of benzene rings is 2. The second-order valence-electron chi connectivity index (χ2n) is 5.23. The van der Waals surface area contributed by atoms with Gasteiger partial charge in [0.2, 0.25) is 0 Å². The lowest BCUT2D eigenvalue weighted by atomic mass is 10.1. The Labute approximate surface area is 130 Å². The molecule has 0 aromatic heterocycles. The maximum absolute atomic E-state index is 12.7. The van der Waals surface area contributed by atoms with Crippen LogP contribution < -0.4 is 5.73 Å². The highest BCUT2D eigenvalue weighted by atomic mass is 35.5. The summed E-state index contributed by atoms with van der Waals surface area (Å²) in [6.45, 7) is 4.48. The number of amides is 1. The minimum atomic E-state index is -0.0232. The molecule has 3 nitrogen and oxygen atoms in total. The SMILES string of the molecule is CC(C)N(Cc1ccccc1N)C(=O)c1ccc(Cl)cc1. The highest BCUT2D eigenvalue weighted by Gasteiger charge is 2.19. The summed E-state index contributed by atoms with van der Waals surface area (Å²) in [6, 6.07) is 14.6. The molecule has 21 heavy (non-hydrogen) atoms. The van der Waals surface area contributed by atoms with Gasteiger partial charge in [-0.15, -0.1) is 0 Å². The summed E-state index contributed by atoms with van der Waals surface area (Å²) >= 11 is 5.87. The molecule has 0 saturated heterocycles. The maximum Gasteiger partial charge on any atom is 0.254 e. The monoisotopic (exact) mass is 302 g/mol. The third-order valence-electron chi connectivity index (χ3n) is 3.37. The van der Waals surface area contributed by atoms with E-state index < -0.39 is 0 Å². The average Bonchev–Trinajstić information content (AvgIpc) is 2.46. The molecule has 0 aliphatic heterocycles. The zero-order valence-electron chi connectivity index (χ0n) is 12.2. The number of nitrogens with zero attached hydrogens (tertiary/aromatic N) is 1. The molecule has 0 saturated carbocycles. The van der Waals surface area contributed by atoms with Gasteiger partial charge in [0.1, 0.15) is 0 Å². The molecule has 0 fully saturated rings. The first-order valence-corrected chi connectivity index (χ1v) is 7.26. The van der Waals surface area contributed by atoms with E-state index in [-0.39, 0.29) is 11.9 Å². The van der Waals surface area contributed by atoms with Gasteiger partial charge >= 0.3 is 0 Å². The molecule has 0 heterocycles. The molecule has 2 aromatic carbocycles. The number of nitrogens with two attached hydrogens (primary N) is 1. The number of carbonyl (C=O) groups excluding carboxylic acids is 1. The third-order valence-corrected chi connectivity index (χ3v) is 3.62. The second-order valence-corrected chi connectivity index (χ2v) is 5.67. The highest BCUT2D eigenvalue weighted by Crippen LogP contribution is 2.18. The Bertz CT molecular complexity index is 623. The summed E-state index contributed by atoms with van der Waals surface area (Å²) in [5.41, 5.74) is 8.25. The van der Waals surface area contributed by atoms with E-state index in [2.05, 4.69) is 0 Å². The summed E-state index contributed by atoms with van der Waals surface area (Å²) < 4.78 is 0. The molecular weight excluding hydrogens is 284 g/mol. The molecule has 2 rings (SSSR count). The Morgan fingerprint density at radius 2 is 1.76 bits per heavy atom. The van der Waals surface area contributed by atoms with Gasteiger partial charge in [-0.05, 0) is 49.7 Å². The second kappa shape index (κ2) is 6.64. The predicted molar refractivity (Wildman–Crippen MR) is 87.3 cm³/mol. The van der Waals surface area contributed by atoms with Crippen molar-refractivity contribution in [1.82, 2.24) is 4.90 Å². The molecule has 0 aliphatic rings. The summed E-state index contributed by atoms with van der Waals surface area (Å²) in [5, 5.41) is 0.620. The van der Waals surface area contributed by atoms with Crippen molar-refractivity contribution in [2.24, 2.45) is 0 Å². The number of rotatable bonds is 4. The molecule has 1 amide bonds. The molecule has 0 bridgehead atoms. The highest BCUT2D eigenvalue weighted by molar-refractivity contribution is 6.30. The van der Waals surface area contributed by atoms with Crippen LogP contribution in [0.5, 0.6) is 0 Å². The molecule has 2 aromatic rings. The van der Waals surface area contributed by atoms with Gasteiger partial charge in [-0.3, -0.25) is 4.79 Å². The van der Waals surface area contributed by atoms with E-state index in [4.69, 9.17) is 17.3 Å². The van der Waals surface area contributed by atoms with Crippen LogP contribution in [0, 0.1) is 0 Å². The number of para-hydroxylation sites is 1. The van der Waals surface area contributed by atoms with E-state index in [1.807, 2.05) is 38.1 Å². The van der Waals surface area contributed by atoms with E-state index in [1.165, 1.54) is 0 Å². The van der Waals surface area contributed by atoms with E-state index in [0.29, 0.717) is 22.8 Å². The Morgan fingerprint density at radius 3 is 2.33 bits per heavy atom. The fourth-order valence-corrected chi connectivity index (χ4v) is 2.23. The topological polar surface area (TPSA) is 46.3 Å². The lowest BCUT2D eigenvalue weighted by molar-refractivity contribution is 0.0691. The van der Waals surface area contributed by atoms with Crippen LogP contribution in [0.3, 0.4) is 0 Å². The van der Waals surface area contributed by atoms with Crippen molar-refractivity contribution in [2.75, 3.05) is 5.73 Å². The lowest BCUT2D eigenvalue weighted by Gasteiger charge is -2.27. The van der Waals surface area contributed by atoms with Crippen LogP contribution in [-0.2, 0) is 6.54 Å². The van der Waals surface area contributed by atoms with Gasteiger partial charge in [0.15, 0.2) is 0 Å². The zero-order valence-corrected chi connectivity index (χ0v) is 13.0. The van der Waals surface area contributed by atoms with Crippen LogP contribution in [0.25, 0.3) is 0 Å². The molecular formula is C17H19ClN2O. The molecule has 0 atom stereocenters. The van der Waals surface area contributed by atoms with Gasteiger partial charge < -0.3 is 10.6 Å². The summed E-state index contributed by atoms with van der Waals surface area (Å²) in [4.78, 5) is 14.5. The van der Waals surface area contributed by atoms with E-state index in [1.54, 1.807) is 29.2 Å². The van der Waals surface area contributed by atoms with Crippen LogP contribution in [0.2, 0.25) is 5.02 Å². The maximum atomic E-state index is 12.7. The van der Waals surface area contributed by atoms with E-state index in [9.17, 15) is 4.79 Å². The van der Waals surface area contributed by atoms with Gasteiger partial charge in [-0.1, -0.05) is 29.8 Å². The van der Waals surface area contributed by atoms with Crippen molar-refractivity contribution in [1.29, 1.82) is 0 Å². The molecule has 110 valence electrons. The van der Waals surface area contributed by atoms with Crippen molar-refractivity contribution in [3.8, 4) is 0 Å². The quantitative estimate of drug-likeness (QED) is 0.869. The lowest BCUT2D eigenvalue weighted by Crippen LogP contribution is -2.36. The van der Waals surface area contributed by atoms with E-state index in [0.717, 1.165) is 5.56 Å². The molecule has 4 heteroatoms. The standard InChI is InChI=1S/C17H19ClN2O/c1-12(2)20(11-14-5-3-4-6-16(14)19)17(21)13-7-9-15(18)10-8-13/h3-10,12H,11,19H2,1-2H3. The number of carbonyl (C=O) groups is 1. The number of halogens is 1. The summed E-state index contributed by atoms with van der Waals surface area (Å²) in [6.07, 6.45) is 0. The van der Waals surface area contributed by atoms with Crippen LogP contribution >= 0.6 is 11.6 Å². The van der Waals surface area contributed by atoms with Crippen molar-refractivity contribution in [3.05, 3.63) is 64.7 Å². The number of nitrogen functional groups attached to an aromatic ring is 1. The minimum absolute atomic E-state index is 0.0232. The van der Waals surface area contributed by atoms with Gasteiger partial charge in [0.05, 0.1) is 0 Å². The van der Waals surface area contributed by atoms with Gasteiger partial charge in [0, 0.05) is 28.9 Å². The first-order chi connectivity index (χ1) is 9.99. The minimum Gasteiger partial charge on any atom is -0.398 e. The number of hydrogen-bond acceptors (Lipinski definition) is 2. The molecule has 2 N–H and O–H groups in total. The Hall–Kier alpha value is -2.00. The molecule has 0 spiro atoms. The predicted octanol–water partition coefficient (Wildman–Crippen LogP) is 3.97. The number of hydrogen-bond donors (Lipinski definition) is 1. The van der Waals surface area contributed by atoms with Gasteiger partial charge in [-0.25, -0.2) is 0 Å². The van der Waals surface area contributed by atoms with Crippen molar-refractivity contribution in [3.63, 3.8) is 0 Å². The molecule has 0 radical (unpaired) electrons. The van der Waals surface area contributed by atoms with Gasteiger partial charge in [-0.2, -0.15) is 0 Å². The van der Waals surface area contributed by atoms with Crippen LogP contribution in [0.15, 0.2) is 48.5 Å². The van der Waals surface area contributed by atoms with Crippen molar-refractivity contribution >= 4 is 23.2 Å². The van der Waals surface area contributed by atoms with Crippen LogP contribution in [0.1, 0.15) is 29.8 Å².